The Morgan fingerprint density at radius 2 is 2.00 bits per heavy atom. The maximum atomic E-state index is 10.9. The number of nitro groups is 1. The molecule has 0 unspecified atom stereocenters. The third-order valence-electron chi connectivity index (χ3n) is 2.68. The summed E-state index contributed by atoms with van der Waals surface area (Å²) < 4.78 is 0. The third-order valence-corrected chi connectivity index (χ3v) is 2.68. The fourth-order valence-electron chi connectivity index (χ4n) is 1.86. The molecule has 0 saturated heterocycles. The maximum Gasteiger partial charge on any atom is 0.387 e. The fraction of sp³-hybridized carbons (Fsp3) is 0.154. The molecular weight excluding hydrogens is 230 g/mol. The molecule has 5 nitrogen and oxygen atoms in total. The normalized spacial score (nSPS) is 10.1. The molecule has 92 valence electrons. The second kappa shape index (κ2) is 5.27. The van der Waals surface area contributed by atoms with Gasteiger partial charge in [0.15, 0.2) is 0 Å². The van der Waals surface area contributed by atoms with Crippen molar-refractivity contribution in [2.24, 2.45) is 0 Å². The number of rotatable bonds is 4. The molecule has 1 aromatic heterocycles. The number of hydrogen-bond acceptors (Lipinski definition) is 4. The van der Waals surface area contributed by atoms with Crippen molar-refractivity contribution in [2.75, 3.05) is 12.4 Å². The van der Waals surface area contributed by atoms with E-state index in [1.165, 1.54) is 6.20 Å². The van der Waals surface area contributed by atoms with Crippen LogP contribution in [-0.2, 0) is 6.42 Å². The highest BCUT2D eigenvalue weighted by molar-refractivity contribution is 5.63. The van der Waals surface area contributed by atoms with Crippen LogP contribution in [0.5, 0.6) is 0 Å². The molecule has 1 heterocycles. The van der Waals surface area contributed by atoms with E-state index in [1.54, 1.807) is 13.1 Å². The van der Waals surface area contributed by atoms with Gasteiger partial charge < -0.3 is 15.4 Å². The predicted octanol–water partition coefficient (Wildman–Crippen LogP) is 2.62. The zero-order chi connectivity index (χ0) is 13.0. The standard InChI is InChI=1S/C13H13N3O2/c1-14-12-11(7-8-15-13(12)16(17)18)9-10-5-3-2-4-6-10/h2-8,14H,9H2,1H3. The van der Waals surface area contributed by atoms with Gasteiger partial charge in [-0.1, -0.05) is 30.3 Å². The summed E-state index contributed by atoms with van der Waals surface area (Å²) in [6.45, 7) is 0. The molecule has 2 rings (SSSR count). The summed E-state index contributed by atoms with van der Waals surface area (Å²) in [5.41, 5.74) is 2.45. The summed E-state index contributed by atoms with van der Waals surface area (Å²) in [6.07, 6.45) is 2.11. The number of benzene rings is 1. The van der Waals surface area contributed by atoms with Crippen molar-refractivity contribution in [1.29, 1.82) is 0 Å². The molecule has 5 heteroatoms. The van der Waals surface area contributed by atoms with E-state index in [1.807, 2.05) is 30.3 Å². The van der Waals surface area contributed by atoms with Crippen molar-refractivity contribution in [3.8, 4) is 0 Å². The van der Waals surface area contributed by atoms with Crippen LogP contribution in [-0.4, -0.2) is 17.0 Å². The highest BCUT2D eigenvalue weighted by Gasteiger charge is 2.17. The van der Waals surface area contributed by atoms with Gasteiger partial charge in [0.1, 0.15) is 11.9 Å². The Labute approximate surface area is 105 Å². The van der Waals surface area contributed by atoms with Crippen LogP contribution in [0.3, 0.4) is 0 Å². The highest BCUT2D eigenvalue weighted by Crippen LogP contribution is 2.26. The van der Waals surface area contributed by atoms with E-state index in [0.29, 0.717) is 12.1 Å². The van der Waals surface area contributed by atoms with Crippen LogP contribution in [0.1, 0.15) is 11.1 Å². The van der Waals surface area contributed by atoms with E-state index in [4.69, 9.17) is 0 Å². The van der Waals surface area contributed by atoms with Crippen LogP contribution in [0.15, 0.2) is 42.6 Å². The predicted molar refractivity (Wildman–Crippen MR) is 69.7 cm³/mol. The van der Waals surface area contributed by atoms with Gasteiger partial charge >= 0.3 is 5.82 Å². The highest BCUT2D eigenvalue weighted by atomic mass is 16.6. The van der Waals surface area contributed by atoms with Crippen LogP contribution in [0.25, 0.3) is 0 Å². The zero-order valence-electron chi connectivity index (χ0n) is 9.96. The third kappa shape index (κ3) is 2.45. The summed E-state index contributed by atoms with van der Waals surface area (Å²) in [7, 11) is 1.67. The number of aromatic nitrogens is 1. The molecule has 0 fully saturated rings. The molecular formula is C13H13N3O2. The fourth-order valence-corrected chi connectivity index (χ4v) is 1.86. The van der Waals surface area contributed by atoms with Gasteiger partial charge in [-0.25, -0.2) is 0 Å². The molecule has 18 heavy (non-hydrogen) atoms. The van der Waals surface area contributed by atoms with Gasteiger partial charge in [0.25, 0.3) is 0 Å². The first kappa shape index (κ1) is 12.0. The number of pyridine rings is 1. The molecule has 0 aliphatic rings. The number of anilines is 1. The Bertz CT molecular complexity index is 555. The molecule has 0 aliphatic carbocycles. The van der Waals surface area contributed by atoms with Gasteiger partial charge in [-0.2, -0.15) is 0 Å². The minimum Gasteiger partial charge on any atom is -0.381 e. The average molecular weight is 243 g/mol. The molecule has 0 amide bonds. The van der Waals surface area contributed by atoms with Gasteiger partial charge in [-0.15, -0.1) is 0 Å². The maximum absolute atomic E-state index is 10.9. The Morgan fingerprint density at radius 1 is 1.28 bits per heavy atom. The first-order valence-electron chi connectivity index (χ1n) is 5.56. The quantitative estimate of drug-likeness (QED) is 0.662. The smallest absolute Gasteiger partial charge is 0.381 e. The summed E-state index contributed by atoms with van der Waals surface area (Å²) >= 11 is 0. The van der Waals surface area contributed by atoms with Crippen molar-refractivity contribution in [3.63, 3.8) is 0 Å². The van der Waals surface area contributed by atoms with Crippen molar-refractivity contribution in [2.45, 2.75) is 6.42 Å². The minimum atomic E-state index is -0.472. The van der Waals surface area contributed by atoms with E-state index in [2.05, 4.69) is 10.3 Å². The molecule has 0 atom stereocenters. The number of nitrogens with zero attached hydrogens (tertiary/aromatic N) is 2. The lowest BCUT2D eigenvalue weighted by Gasteiger charge is -2.08. The van der Waals surface area contributed by atoms with Crippen LogP contribution in [0, 0.1) is 10.1 Å². The first-order chi connectivity index (χ1) is 8.72. The van der Waals surface area contributed by atoms with E-state index in [-0.39, 0.29) is 5.82 Å². The van der Waals surface area contributed by atoms with Crippen LogP contribution >= 0.6 is 0 Å². The Balaban J connectivity index is 2.39. The van der Waals surface area contributed by atoms with Crippen LogP contribution < -0.4 is 5.32 Å². The second-order valence-electron chi connectivity index (χ2n) is 3.84. The van der Waals surface area contributed by atoms with E-state index >= 15 is 0 Å². The molecule has 1 aromatic carbocycles. The number of nitrogens with one attached hydrogen (secondary N) is 1. The van der Waals surface area contributed by atoms with Crippen molar-refractivity contribution >= 4 is 11.5 Å². The molecule has 0 spiro atoms. The van der Waals surface area contributed by atoms with Gasteiger partial charge in [0.05, 0.1) is 0 Å². The molecule has 2 aromatic rings. The van der Waals surface area contributed by atoms with Crippen molar-refractivity contribution in [1.82, 2.24) is 4.98 Å². The van der Waals surface area contributed by atoms with Crippen LogP contribution in [0.4, 0.5) is 11.5 Å². The molecule has 0 aliphatic heterocycles. The van der Waals surface area contributed by atoms with E-state index < -0.39 is 4.92 Å². The Morgan fingerprint density at radius 3 is 2.61 bits per heavy atom. The van der Waals surface area contributed by atoms with Crippen LogP contribution in [0.2, 0.25) is 0 Å². The van der Waals surface area contributed by atoms with Gasteiger partial charge in [0, 0.05) is 7.05 Å². The molecule has 0 radical (unpaired) electrons. The summed E-state index contributed by atoms with van der Waals surface area (Å²) in [5, 5.41) is 13.7. The number of hydrogen-bond donors (Lipinski definition) is 1. The van der Waals surface area contributed by atoms with Crippen molar-refractivity contribution < 1.29 is 4.92 Å². The van der Waals surface area contributed by atoms with E-state index in [0.717, 1.165) is 11.1 Å². The monoisotopic (exact) mass is 243 g/mol. The zero-order valence-corrected chi connectivity index (χ0v) is 9.96. The van der Waals surface area contributed by atoms with E-state index in [9.17, 15) is 10.1 Å². The second-order valence-corrected chi connectivity index (χ2v) is 3.84. The van der Waals surface area contributed by atoms with Gasteiger partial charge in [0.2, 0.25) is 0 Å². The summed E-state index contributed by atoms with van der Waals surface area (Å²) in [5.74, 6) is -0.133. The topological polar surface area (TPSA) is 68.1 Å². The SMILES string of the molecule is CNc1c(Cc2ccccc2)ccnc1[N+](=O)[O-]. The largest absolute Gasteiger partial charge is 0.387 e. The molecule has 1 N–H and O–H groups in total. The Hall–Kier alpha value is -2.43. The van der Waals surface area contributed by atoms with Crippen molar-refractivity contribution in [3.05, 3.63) is 63.8 Å². The van der Waals surface area contributed by atoms with Gasteiger partial charge in [-0.3, -0.25) is 0 Å². The first-order valence-corrected chi connectivity index (χ1v) is 5.56. The lowest BCUT2D eigenvalue weighted by Crippen LogP contribution is -2.03. The summed E-state index contributed by atoms with van der Waals surface area (Å²) in [6, 6.07) is 11.6. The molecule has 0 bridgehead atoms. The van der Waals surface area contributed by atoms with Gasteiger partial charge in [-0.05, 0) is 33.5 Å². The Kier molecular flexibility index (Phi) is 3.52. The lowest BCUT2D eigenvalue weighted by atomic mass is 10.0. The summed E-state index contributed by atoms with van der Waals surface area (Å²) in [4.78, 5) is 14.2. The lowest BCUT2D eigenvalue weighted by molar-refractivity contribution is -0.388. The molecule has 0 saturated carbocycles. The average Bonchev–Trinajstić information content (AvgIpc) is 2.39. The minimum absolute atomic E-state index is 0.133.